The molecular formula is C24H21BrClN5O4S2. The van der Waals surface area contributed by atoms with E-state index in [0.29, 0.717) is 22.5 Å². The van der Waals surface area contributed by atoms with E-state index < -0.39 is 18.5 Å². The van der Waals surface area contributed by atoms with Crippen LogP contribution in [-0.4, -0.2) is 62.4 Å². The standard InChI is InChI=1S/C24H21BrClN5O4S2/c1-32-21-19(31-10-16(29-30-31)22-28-18(26)12-36-22)20-17(11-33-23(35-20)13-5-3-2-4-6-13)34-24(21)37-15-7-14(25)8-27-9-15/h2-10,12,17,19-21,23-24H,11H2,1H3/t17?,19?,20-,21?,23?,24+/m0/s1. The molecule has 0 bridgehead atoms. The van der Waals surface area contributed by atoms with Crippen LogP contribution in [0.3, 0.4) is 0 Å². The zero-order chi connectivity index (χ0) is 25.4. The van der Waals surface area contributed by atoms with Crippen molar-refractivity contribution in [3.63, 3.8) is 0 Å². The molecule has 5 heterocycles. The second-order valence-corrected chi connectivity index (χ2v) is 11.8. The summed E-state index contributed by atoms with van der Waals surface area (Å²) in [6, 6.07) is 11.5. The van der Waals surface area contributed by atoms with E-state index in [1.54, 1.807) is 29.6 Å². The molecule has 192 valence electrons. The van der Waals surface area contributed by atoms with Crippen molar-refractivity contribution < 1.29 is 18.9 Å². The number of ether oxygens (including phenoxy) is 4. The highest BCUT2D eigenvalue weighted by atomic mass is 79.9. The van der Waals surface area contributed by atoms with Crippen LogP contribution in [0.15, 0.2) is 69.7 Å². The summed E-state index contributed by atoms with van der Waals surface area (Å²) in [6.45, 7) is 0.356. The Morgan fingerprint density at radius 3 is 2.84 bits per heavy atom. The topological polar surface area (TPSA) is 93.4 Å². The van der Waals surface area contributed by atoms with Crippen LogP contribution in [0.25, 0.3) is 10.7 Å². The Morgan fingerprint density at radius 1 is 1.22 bits per heavy atom. The van der Waals surface area contributed by atoms with Gasteiger partial charge in [-0.1, -0.05) is 58.9 Å². The third kappa shape index (κ3) is 5.34. The molecule has 6 rings (SSSR count). The van der Waals surface area contributed by atoms with Gasteiger partial charge in [0.15, 0.2) is 6.29 Å². The lowest BCUT2D eigenvalue weighted by Gasteiger charge is -2.48. The molecule has 6 atom stereocenters. The Kier molecular flexibility index (Phi) is 7.59. The van der Waals surface area contributed by atoms with E-state index in [9.17, 15) is 0 Å². The first-order valence-electron chi connectivity index (χ1n) is 11.4. The Balaban J connectivity index is 1.35. The SMILES string of the molecule is COC1C(n2cc(-c3nc(Cl)cs3)nn2)[C@H]2OC(c3ccccc3)OCC2O[C@@H]1Sc1cncc(Br)c1. The van der Waals surface area contributed by atoms with Gasteiger partial charge in [0.1, 0.15) is 45.6 Å². The van der Waals surface area contributed by atoms with Gasteiger partial charge in [0, 0.05) is 39.8 Å². The smallest absolute Gasteiger partial charge is 0.184 e. The van der Waals surface area contributed by atoms with E-state index in [-0.39, 0.29) is 17.6 Å². The summed E-state index contributed by atoms with van der Waals surface area (Å²) < 4.78 is 27.9. The van der Waals surface area contributed by atoms with E-state index in [1.165, 1.54) is 23.1 Å². The predicted molar refractivity (Wildman–Crippen MR) is 142 cm³/mol. The second-order valence-electron chi connectivity index (χ2n) is 8.43. The van der Waals surface area contributed by atoms with Gasteiger partial charge in [-0.05, 0) is 22.0 Å². The third-order valence-corrected chi connectivity index (χ3v) is 8.82. The van der Waals surface area contributed by atoms with Crippen LogP contribution < -0.4 is 0 Å². The number of nitrogens with zero attached hydrogens (tertiary/aromatic N) is 5. The molecule has 9 nitrogen and oxygen atoms in total. The predicted octanol–water partition coefficient (Wildman–Crippen LogP) is 5.40. The Bertz CT molecular complexity index is 1360. The number of thiazole rings is 1. The van der Waals surface area contributed by atoms with Gasteiger partial charge in [0.25, 0.3) is 0 Å². The molecule has 3 aromatic heterocycles. The highest BCUT2D eigenvalue weighted by Crippen LogP contribution is 2.44. The number of halogens is 2. The quantitative estimate of drug-likeness (QED) is 0.280. The van der Waals surface area contributed by atoms with Crippen LogP contribution in [0.5, 0.6) is 0 Å². The van der Waals surface area contributed by atoms with E-state index in [0.717, 1.165) is 14.9 Å². The summed E-state index contributed by atoms with van der Waals surface area (Å²) in [5, 5.41) is 11.7. The van der Waals surface area contributed by atoms with Crippen LogP contribution >= 0.6 is 50.6 Å². The molecule has 0 amide bonds. The summed E-state index contributed by atoms with van der Waals surface area (Å²) in [5.74, 6) is 0. The molecule has 4 aromatic rings. The van der Waals surface area contributed by atoms with Gasteiger partial charge in [-0.15, -0.1) is 16.4 Å². The lowest BCUT2D eigenvalue weighted by atomic mass is 9.96. The lowest BCUT2D eigenvalue weighted by Crippen LogP contribution is -2.59. The van der Waals surface area contributed by atoms with Crippen LogP contribution in [-0.2, 0) is 18.9 Å². The summed E-state index contributed by atoms with van der Waals surface area (Å²) >= 11 is 12.5. The number of hydrogen-bond acceptors (Lipinski definition) is 10. The molecule has 0 radical (unpaired) electrons. The molecule has 4 unspecified atom stereocenters. The van der Waals surface area contributed by atoms with E-state index in [2.05, 4.69) is 36.2 Å². The minimum absolute atomic E-state index is 0.351. The van der Waals surface area contributed by atoms with Gasteiger partial charge in [-0.3, -0.25) is 4.98 Å². The molecule has 2 fully saturated rings. The van der Waals surface area contributed by atoms with Crippen molar-refractivity contribution >= 4 is 50.6 Å². The van der Waals surface area contributed by atoms with Gasteiger partial charge >= 0.3 is 0 Å². The normalized spacial score (nSPS) is 27.6. The fraction of sp³-hybridized carbons (Fsp3) is 0.333. The van der Waals surface area contributed by atoms with Crippen molar-refractivity contribution in [3.05, 3.63) is 75.6 Å². The van der Waals surface area contributed by atoms with Crippen LogP contribution in [0.2, 0.25) is 5.15 Å². The number of aromatic nitrogens is 5. The fourth-order valence-corrected chi connectivity index (χ4v) is 7.08. The van der Waals surface area contributed by atoms with Crippen molar-refractivity contribution in [1.29, 1.82) is 0 Å². The lowest BCUT2D eigenvalue weighted by molar-refractivity contribution is -0.308. The Morgan fingerprint density at radius 2 is 2.08 bits per heavy atom. The minimum Gasteiger partial charge on any atom is -0.375 e. The minimum atomic E-state index is -0.537. The van der Waals surface area contributed by atoms with E-state index in [1.807, 2.05) is 42.6 Å². The van der Waals surface area contributed by atoms with Gasteiger partial charge in [-0.25, -0.2) is 9.67 Å². The van der Waals surface area contributed by atoms with Crippen molar-refractivity contribution in [2.75, 3.05) is 13.7 Å². The number of pyridine rings is 1. The maximum atomic E-state index is 6.53. The average molecular weight is 623 g/mol. The molecule has 0 spiro atoms. The molecular weight excluding hydrogens is 602 g/mol. The maximum absolute atomic E-state index is 6.53. The molecule has 2 aliphatic rings. The van der Waals surface area contributed by atoms with Gasteiger partial charge < -0.3 is 18.9 Å². The number of hydrogen-bond donors (Lipinski definition) is 0. The fourth-order valence-electron chi connectivity index (χ4n) is 4.48. The number of methoxy groups -OCH3 is 1. The van der Waals surface area contributed by atoms with Gasteiger partial charge in [0.05, 0.1) is 12.8 Å². The second kappa shape index (κ2) is 11.1. The largest absolute Gasteiger partial charge is 0.375 e. The Hall–Kier alpha value is -1.90. The Labute approximate surface area is 234 Å². The van der Waals surface area contributed by atoms with Crippen LogP contribution in [0.1, 0.15) is 17.9 Å². The summed E-state index contributed by atoms with van der Waals surface area (Å²) in [4.78, 5) is 9.56. The van der Waals surface area contributed by atoms with Crippen molar-refractivity contribution in [2.24, 2.45) is 0 Å². The number of rotatable bonds is 6. The van der Waals surface area contributed by atoms with Gasteiger partial charge in [0.2, 0.25) is 0 Å². The third-order valence-electron chi connectivity index (χ3n) is 6.10. The first kappa shape index (κ1) is 25.4. The highest BCUT2D eigenvalue weighted by Gasteiger charge is 2.52. The first-order valence-corrected chi connectivity index (χ1v) is 14.3. The van der Waals surface area contributed by atoms with E-state index >= 15 is 0 Å². The molecule has 0 N–H and O–H groups in total. The number of fused-ring (bicyclic) bond motifs is 1. The summed E-state index contributed by atoms with van der Waals surface area (Å²) in [5.41, 5.74) is 1.18. The average Bonchev–Trinajstić information content (AvgIpc) is 3.57. The molecule has 0 aliphatic carbocycles. The van der Waals surface area contributed by atoms with Crippen molar-refractivity contribution in [2.45, 2.75) is 41.0 Å². The molecule has 2 saturated heterocycles. The maximum Gasteiger partial charge on any atom is 0.184 e. The van der Waals surface area contributed by atoms with Crippen LogP contribution in [0.4, 0.5) is 0 Å². The molecule has 1 aromatic carbocycles. The zero-order valence-corrected chi connectivity index (χ0v) is 23.4. The molecule has 13 heteroatoms. The first-order chi connectivity index (χ1) is 18.1. The molecule has 37 heavy (non-hydrogen) atoms. The zero-order valence-electron chi connectivity index (χ0n) is 19.4. The van der Waals surface area contributed by atoms with Gasteiger partial charge in [-0.2, -0.15) is 0 Å². The van der Waals surface area contributed by atoms with Crippen molar-refractivity contribution in [1.82, 2.24) is 25.0 Å². The van der Waals surface area contributed by atoms with Crippen molar-refractivity contribution in [3.8, 4) is 10.7 Å². The summed E-state index contributed by atoms with van der Waals surface area (Å²) in [6.07, 6.45) is 3.68. The van der Waals surface area contributed by atoms with E-state index in [4.69, 9.17) is 30.5 Å². The number of thioether (sulfide) groups is 1. The summed E-state index contributed by atoms with van der Waals surface area (Å²) in [7, 11) is 1.67. The van der Waals surface area contributed by atoms with Crippen LogP contribution in [0, 0.1) is 0 Å². The monoisotopic (exact) mass is 621 g/mol. The molecule has 2 aliphatic heterocycles. The number of benzene rings is 1. The molecule has 0 saturated carbocycles. The highest BCUT2D eigenvalue weighted by molar-refractivity contribution is 9.10.